The third-order valence-corrected chi connectivity index (χ3v) is 3.20. The highest BCUT2D eigenvalue weighted by Crippen LogP contribution is 2.22. The minimum atomic E-state index is -0.335. The molecule has 0 aliphatic carbocycles. The Kier molecular flexibility index (Phi) is 5.00. The van der Waals surface area contributed by atoms with E-state index in [2.05, 4.69) is 10.6 Å². The molecule has 2 aromatic rings. The van der Waals surface area contributed by atoms with Crippen LogP contribution >= 0.6 is 11.6 Å². The van der Waals surface area contributed by atoms with E-state index in [9.17, 15) is 9.18 Å². The van der Waals surface area contributed by atoms with Gasteiger partial charge < -0.3 is 16.4 Å². The van der Waals surface area contributed by atoms with Crippen molar-refractivity contribution >= 4 is 29.0 Å². The third-order valence-electron chi connectivity index (χ3n) is 2.87. The van der Waals surface area contributed by atoms with Gasteiger partial charge in [-0.2, -0.15) is 0 Å². The molecule has 4 N–H and O–H groups in total. The molecule has 110 valence electrons. The lowest BCUT2D eigenvalue weighted by Crippen LogP contribution is -2.30. The van der Waals surface area contributed by atoms with Crippen molar-refractivity contribution in [1.29, 1.82) is 0 Å². The van der Waals surface area contributed by atoms with Crippen molar-refractivity contribution in [2.75, 3.05) is 17.6 Å². The summed E-state index contributed by atoms with van der Waals surface area (Å²) in [7, 11) is 0. The van der Waals surface area contributed by atoms with E-state index in [1.165, 1.54) is 12.1 Å². The molecule has 2 rings (SSSR count). The van der Waals surface area contributed by atoms with Gasteiger partial charge in [0.05, 0.1) is 10.7 Å². The number of hydrogen-bond acceptors (Lipinski definition) is 2. The van der Waals surface area contributed by atoms with Crippen molar-refractivity contribution < 1.29 is 9.18 Å². The smallest absolute Gasteiger partial charge is 0.319 e. The second-order valence-corrected chi connectivity index (χ2v) is 4.90. The summed E-state index contributed by atoms with van der Waals surface area (Å²) in [5, 5.41) is 5.75. The Balaban J connectivity index is 1.79. The van der Waals surface area contributed by atoms with Crippen LogP contribution in [0.3, 0.4) is 0 Å². The number of nitrogens with two attached hydrogens (primary N) is 1. The molecule has 0 atom stereocenters. The summed E-state index contributed by atoms with van der Waals surface area (Å²) < 4.78 is 12.7. The van der Waals surface area contributed by atoms with Gasteiger partial charge in [-0.1, -0.05) is 23.7 Å². The number of halogens is 2. The molecule has 0 aromatic heterocycles. The van der Waals surface area contributed by atoms with Gasteiger partial charge >= 0.3 is 6.03 Å². The molecule has 21 heavy (non-hydrogen) atoms. The molecule has 0 fully saturated rings. The number of rotatable bonds is 4. The number of carbonyl (C=O) groups is 1. The molecule has 0 spiro atoms. The van der Waals surface area contributed by atoms with E-state index in [-0.39, 0.29) is 11.8 Å². The molecule has 0 saturated carbocycles. The average Bonchev–Trinajstić information content (AvgIpc) is 2.45. The summed E-state index contributed by atoms with van der Waals surface area (Å²) in [4.78, 5) is 11.7. The van der Waals surface area contributed by atoms with E-state index >= 15 is 0 Å². The number of carbonyl (C=O) groups excluding carboxylic acids is 1. The van der Waals surface area contributed by atoms with Crippen LogP contribution in [0, 0.1) is 5.82 Å². The molecule has 0 saturated heterocycles. The average molecular weight is 308 g/mol. The summed E-state index contributed by atoms with van der Waals surface area (Å²) in [5.41, 5.74) is 7.56. The molecular formula is C15H15ClFN3O. The van der Waals surface area contributed by atoms with Crippen molar-refractivity contribution in [3.05, 3.63) is 58.9 Å². The summed E-state index contributed by atoms with van der Waals surface area (Å²) in [5.74, 6) is -0.273. The fourth-order valence-corrected chi connectivity index (χ4v) is 1.93. The number of benzene rings is 2. The zero-order valence-corrected chi connectivity index (χ0v) is 12.0. The van der Waals surface area contributed by atoms with E-state index in [1.807, 2.05) is 0 Å². The molecule has 0 unspecified atom stereocenters. The lowest BCUT2D eigenvalue weighted by molar-refractivity contribution is 0.252. The monoisotopic (exact) mass is 307 g/mol. The molecule has 2 aromatic carbocycles. The number of nitrogens with one attached hydrogen (secondary N) is 2. The molecule has 0 heterocycles. The highest BCUT2D eigenvalue weighted by atomic mass is 35.5. The molecule has 0 radical (unpaired) electrons. The lowest BCUT2D eigenvalue weighted by atomic mass is 10.1. The van der Waals surface area contributed by atoms with E-state index in [4.69, 9.17) is 17.3 Å². The van der Waals surface area contributed by atoms with Gasteiger partial charge in [-0.25, -0.2) is 9.18 Å². The Hall–Kier alpha value is -2.27. The summed E-state index contributed by atoms with van der Waals surface area (Å²) in [6.07, 6.45) is 0.621. The van der Waals surface area contributed by atoms with Gasteiger partial charge in [-0.3, -0.25) is 0 Å². The Morgan fingerprint density at radius 3 is 2.57 bits per heavy atom. The van der Waals surface area contributed by atoms with Crippen LogP contribution in [0.1, 0.15) is 5.56 Å². The second-order valence-electron chi connectivity index (χ2n) is 4.49. The van der Waals surface area contributed by atoms with Gasteiger partial charge in [0.1, 0.15) is 5.82 Å². The fourth-order valence-electron chi connectivity index (χ4n) is 1.75. The van der Waals surface area contributed by atoms with Gasteiger partial charge in [0.25, 0.3) is 0 Å². The van der Waals surface area contributed by atoms with Crippen LogP contribution in [0.25, 0.3) is 0 Å². The van der Waals surface area contributed by atoms with Crippen LogP contribution < -0.4 is 16.4 Å². The largest absolute Gasteiger partial charge is 0.398 e. The minimum Gasteiger partial charge on any atom is -0.398 e. The molecule has 4 nitrogen and oxygen atoms in total. The highest BCUT2D eigenvalue weighted by molar-refractivity contribution is 6.33. The number of amides is 2. The number of anilines is 2. The maximum absolute atomic E-state index is 12.7. The van der Waals surface area contributed by atoms with Gasteiger partial charge in [0.15, 0.2) is 0 Å². The van der Waals surface area contributed by atoms with Crippen molar-refractivity contribution in [3.63, 3.8) is 0 Å². The Bertz CT molecular complexity index is 631. The van der Waals surface area contributed by atoms with Crippen LogP contribution in [0.2, 0.25) is 5.02 Å². The van der Waals surface area contributed by atoms with E-state index in [0.717, 1.165) is 5.56 Å². The quantitative estimate of drug-likeness (QED) is 0.758. The van der Waals surface area contributed by atoms with Gasteiger partial charge in [0, 0.05) is 12.2 Å². The predicted octanol–water partition coefficient (Wildman–Crippen LogP) is 3.43. The SMILES string of the molecule is Nc1ccc(NC(=O)NCCc2ccc(F)cc2)cc1Cl. The van der Waals surface area contributed by atoms with E-state index < -0.39 is 0 Å². The maximum Gasteiger partial charge on any atom is 0.319 e. The lowest BCUT2D eigenvalue weighted by Gasteiger charge is -2.08. The normalized spacial score (nSPS) is 10.2. The van der Waals surface area contributed by atoms with Crippen LogP contribution in [-0.4, -0.2) is 12.6 Å². The van der Waals surface area contributed by atoms with Crippen molar-refractivity contribution in [1.82, 2.24) is 5.32 Å². The molecule has 2 amide bonds. The Labute approximate surface area is 127 Å². The molecular weight excluding hydrogens is 293 g/mol. The van der Waals surface area contributed by atoms with Crippen LogP contribution in [0.15, 0.2) is 42.5 Å². The first-order valence-electron chi connectivity index (χ1n) is 6.39. The van der Waals surface area contributed by atoms with Crippen molar-refractivity contribution in [2.24, 2.45) is 0 Å². The Morgan fingerprint density at radius 2 is 1.90 bits per heavy atom. The van der Waals surface area contributed by atoms with Crippen LogP contribution in [0.5, 0.6) is 0 Å². The predicted molar refractivity (Wildman–Crippen MR) is 83.0 cm³/mol. The minimum absolute atomic E-state index is 0.273. The molecule has 0 aliphatic heterocycles. The standard InChI is InChI=1S/C15H15ClFN3O/c16-13-9-12(5-6-14(13)18)20-15(21)19-8-7-10-1-3-11(17)4-2-10/h1-6,9H,7-8,18H2,(H2,19,20,21). The topological polar surface area (TPSA) is 67.1 Å². The van der Waals surface area contributed by atoms with Gasteiger partial charge in [0.2, 0.25) is 0 Å². The second kappa shape index (κ2) is 6.95. The first-order chi connectivity index (χ1) is 10.0. The van der Waals surface area contributed by atoms with E-state index in [0.29, 0.717) is 29.4 Å². The van der Waals surface area contributed by atoms with Crippen molar-refractivity contribution in [2.45, 2.75) is 6.42 Å². The summed E-state index contributed by atoms with van der Waals surface area (Å²) >= 11 is 5.87. The van der Waals surface area contributed by atoms with Gasteiger partial charge in [-0.05, 0) is 42.3 Å². The molecule has 6 heteroatoms. The number of urea groups is 1. The summed E-state index contributed by atoms with van der Waals surface area (Å²) in [6, 6.07) is 10.7. The first-order valence-corrected chi connectivity index (χ1v) is 6.77. The third kappa shape index (κ3) is 4.65. The molecule has 0 bridgehead atoms. The number of hydrogen-bond donors (Lipinski definition) is 3. The zero-order valence-electron chi connectivity index (χ0n) is 11.2. The number of nitrogen functional groups attached to an aromatic ring is 1. The molecule has 0 aliphatic rings. The first kappa shape index (κ1) is 15.1. The Morgan fingerprint density at radius 1 is 1.19 bits per heavy atom. The highest BCUT2D eigenvalue weighted by Gasteiger charge is 2.03. The van der Waals surface area contributed by atoms with Gasteiger partial charge in [-0.15, -0.1) is 0 Å². The zero-order chi connectivity index (χ0) is 15.2. The maximum atomic E-state index is 12.7. The van der Waals surface area contributed by atoms with Crippen LogP contribution in [-0.2, 0) is 6.42 Å². The fraction of sp³-hybridized carbons (Fsp3) is 0.133. The van der Waals surface area contributed by atoms with Crippen molar-refractivity contribution in [3.8, 4) is 0 Å². The van der Waals surface area contributed by atoms with Crippen LogP contribution in [0.4, 0.5) is 20.6 Å². The summed E-state index contributed by atoms with van der Waals surface area (Å²) in [6.45, 7) is 0.445. The van der Waals surface area contributed by atoms with E-state index in [1.54, 1.807) is 30.3 Å².